The predicted molar refractivity (Wildman–Crippen MR) is 144 cm³/mol. The number of Topliss-reactive ketones (excluding diaryl/α,β-unsaturated/α-hetero) is 1. The standard InChI is InChI=1S/C30H32N2O4/c1-5-20-11-13-21(14-12-20)28(33)26-27(22-9-8-10-25(19-22)36-4)32(30(35)29(26)34)24-17-15-23(16-18-24)31(6-2)7-3/h8-19,27,33H,5-7H2,1-4H3/b28-26-. The van der Waals surface area contributed by atoms with Crippen LogP contribution in [0.2, 0.25) is 0 Å². The number of aliphatic hydroxyl groups is 1. The molecule has 0 aliphatic carbocycles. The monoisotopic (exact) mass is 484 g/mol. The number of carbonyl (C=O) groups excluding carboxylic acids is 2. The summed E-state index contributed by atoms with van der Waals surface area (Å²) in [5.41, 5.74) is 3.97. The van der Waals surface area contributed by atoms with Gasteiger partial charge in [0.05, 0.1) is 18.7 Å². The molecule has 1 heterocycles. The first-order valence-electron chi connectivity index (χ1n) is 12.3. The maximum atomic E-state index is 13.4. The van der Waals surface area contributed by atoms with Gasteiger partial charge in [-0.05, 0) is 67.8 Å². The third-order valence-electron chi connectivity index (χ3n) is 6.75. The molecule has 1 fully saturated rings. The molecule has 0 bridgehead atoms. The van der Waals surface area contributed by atoms with Gasteiger partial charge in [0.15, 0.2) is 0 Å². The molecule has 1 atom stereocenters. The van der Waals surface area contributed by atoms with Crippen molar-refractivity contribution in [1.29, 1.82) is 0 Å². The van der Waals surface area contributed by atoms with E-state index in [9.17, 15) is 14.7 Å². The zero-order valence-electron chi connectivity index (χ0n) is 21.2. The Labute approximate surface area is 212 Å². The van der Waals surface area contributed by atoms with Crippen LogP contribution in [0.1, 0.15) is 43.5 Å². The van der Waals surface area contributed by atoms with Gasteiger partial charge in [-0.15, -0.1) is 0 Å². The fourth-order valence-electron chi connectivity index (χ4n) is 4.69. The number of benzene rings is 3. The second kappa shape index (κ2) is 10.7. The number of rotatable bonds is 8. The minimum Gasteiger partial charge on any atom is -0.507 e. The van der Waals surface area contributed by atoms with Crippen LogP contribution in [0.3, 0.4) is 0 Å². The first-order chi connectivity index (χ1) is 17.4. The number of aryl methyl sites for hydroxylation is 1. The smallest absolute Gasteiger partial charge is 0.300 e. The second-order valence-electron chi connectivity index (χ2n) is 8.68. The van der Waals surface area contributed by atoms with E-state index in [0.29, 0.717) is 22.6 Å². The molecule has 1 N–H and O–H groups in total. The zero-order chi connectivity index (χ0) is 25.8. The number of aliphatic hydroxyl groups excluding tert-OH is 1. The molecular formula is C30H32N2O4. The fraction of sp³-hybridized carbons (Fsp3) is 0.267. The summed E-state index contributed by atoms with van der Waals surface area (Å²) in [5.74, 6) is -0.980. The number of nitrogens with zero attached hydrogens (tertiary/aromatic N) is 2. The summed E-state index contributed by atoms with van der Waals surface area (Å²) in [6.07, 6.45) is 0.860. The second-order valence-corrected chi connectivity index (χ2v) is 8.68. The molecule has 1 saturated heterocycles. The van der Waals surface area contributed by atoms with Gasteiger partial charge in [-0.1, -0.05) is 43.3 Å². The van der Waals surface area contributed by atoms with E-state index in [-0.39, 0.29) is 11.3 Å². The first-order valence-corrected chi connectivity index (χ1v) is 12.3. The summed E-state index contributed by atoms with van der Waals surface area (Å²) in [6, 6.07) is 21.4. The Balaban J connectivity index is 1.87. The van der Waals surface area contributed by atoms with Crippen molar-refractivity contribution in [2.75, 3.05) is 30.0 Å². The van der Waals surface area contributed by atoms with E-state index in [2.05, 4.69) is 25.7 Å². The van der Waals surface area contributed by atoms with Crippen LogP contribution in [0, 0.1) is 0 Å². The molecule has 3 aromatic rings. The minimum absolute atomic E-state index is 0.0605. The Bertz CT molecular complexity index is 1280. The Morgan fingerprint density at radius 2 is 1.61 bits per heavy atom. The van der Waals surface area contributed by atoms with Crippen LogP contribution in [0.5, 0.6) is 5.75 Å². The summed E-state index contributed by atoms with van der Waals surface area (Å²) >= 11 is 0. The lowest BCUT2D eigenvalue weighted by Gasteiger charge is -2.27. The number of anilines is 2. The Kier molecular flexibility index (Phi) is 7.44. The van der Waals surface area contributed by atoms with Crippen molar-refractivity contribution in [2.24, 2.45) is 0 Å². The zero-order valence-corrected chi connectivity index (χ0v) is 21.2. The van der Waals surface area contributed by atoms with E-state index in [0.717, 1.165) is 30.8 Å². The molecule has 0 aromatic heterocycles. The van der Waals surface area contributed by atoms with E-state index < -0.39 is 17.7 Å². The molecule has 6 nitrogen and oxygen atoms in total. The molecular weight excluding hydrogens is 452 g/mol. The van der Waals surface area contributed by atoms with Crippen molar-refractivity contribution in [3.63, 3.8) is 0 Å². The molecule has 1 unspecified atom stereocenters. The lowest BCUT2D eigenvalue weighted by atomic mass is 9.94. The third kappa shape index (κ3) is 4.59. The van der Waals surface area contributed by atoms with Gasteiger partial charge in [-0.2, -0.15) is 0 Å². The molecule has 3 aromatic carbocycles. The largest absolute Gasteiger partial charge is 0.507 e. The summed E-state index contributed by atoms with van der Waals surface area (Å²) in [5, 5.41) is 11.3. The van der Waals surface area contributed by atoms with Gasteiger partial charge < -0.3 is 14.7 Å². The highest BCUT2D eigenvalue weighted by atomic mass is 16.5. The van der Waals surface area contributed by atoms with Crippen LogP contribution < -0.4 is 14.5 Å². The highest BCUT2D eigenvalue weighted by Crippen LogP contribution is 2.43. The molecule has 186 valence electrons. The summed E-state index contributed by atoms with van der Waals surface area (Å²) < 4.78 is 5.41. The Hall–Kier alpha value is -4.06. The number of ether oxygens (including phenoxy) is 1. The fourth-order valence-corrected chi connectivity index (χ4v) is 4.69. The van der Waals surface area contributed by atoms with Gasteiger partial charge in [0.25, 0.3) is 11.7 Å². The maximum absolute atomic E-state index is 13.4. The SMILES string of the molecule is CCc1ccc(/C(O)=C2/C(=O)C(=O)N(c3ccc(N(CC)CC)cc3)C2c2cccc(OC)c2)cc1. The molecule has 1 aliphatic heterocycles. The average molecular weight is 485 g/mol. The van der Waals surface area contributed by atoms with Crippen LogP contribution in [0.15, 0.2) is 78.4 Å². The van der Waals surface area contributed by atoms with Crippen LogP contribution in [0.25, 0.3) is 5.76 Å². The highest BCUT2D eigenvalue weighted by Gasteiger charge is 2.47. The normalized spacial score (nSPS) is 16.9. The van der Waals surface area contributed by atoms with Crippen molar-refractivity contribution in [3.8, 4) is 5.75 Å². The quantitative estimate of drug-likeness (QED) is 0.251. The van der Waals surface area contributed by atoms with Crippen LogP contribution in [-0.2, 0) is 16.0 Å². The lowest BCUT2D eigenvalue weighted by Crippen LogP contribution is -2.29. The topological polar surface area (TPSA) is 70.1 Å². The van der Waals surface area contributed by atoms with Crippen LogP contribution >= 0.6 is 0 Å². The Morgan fingerprint density at radius 1 is 0.944 bits per heavy atom. The maximum Gasteiger partial charge on any atom is 0.300 e. The molecule has 1 amide bonds. The number of methoxy groups -OCH3 is 1. The van der Waals surface area contributed by atoms with E-state index in [1.807, 2.05) is 48.5 Å². The van der Waals surface area contributed by atoms with Crippen molar-refractivity contribution >= 4 is 28.8 Å². The van der Waals surface area contributed by atoms with E-state index in [1.54, 1.807) is 31.4 Å². The Morgan fingerprint density at radius 3 is 2.19 bits per heavy atom. The van der Waals surface area contributed by atoms with Crippen molar-refractivity contribution in [3.05, 3.63) is 95.1 Å². The number of hydrogen-bond acceptors (Lipinski definition) is 5. The predicted octanol–water partition coefficient (Wildman–Crippen LogP) is 5.73. The van der Waals surface area contributed by atoms with Crippen molar-refractivity contribution in [1.82, 2.24) is 0 Å². The van der Waals surface area contributed by atoms with Crippen LogP contribution in [-0.4, -0.2) is 37.0 Å². The van der Waals surface area contributed by atoms with E-state index in [1.165, 1.54) is 4.90 Å². The van der Waals surface area contributed by atoms with Gasteiger partial charge in [-0.3, -0.25) is 14.5 Å². The molecule has 0 saturated carbocycles. The lowest BCUT2D eigenvalue weighted by molar-refractivity contribution is -0.132. The van der Waals surface area contributed by atoms with Crippen LogP contribution in [0.4, 0.5) is 11.4 Å². The number of amides is 1. The van der Waals surface area contributed by atoms with Gasteiger partial charge in [0.1, 0.15) is 11.5 Å². The first kappa shape index (κ1) is 25.0. The van der Waals surface area contributed by atoms with Gasteiger partial charge >= 0.3 is 0 Å². The summed E-state index contributed by atoms with van der Waals surface area (Å²) in [4.78, 5) is 30.5. The summed E-state index contributed by atoms with van der Waals surface area (Å²) in [7, 11) is 1.57. The summed E-state index contributed by atoms with van der Waals surface area (Å²) in [6.45, 7) is 7.95. The van der Waals surface area contributed by atoms with E-state index >= 15 is 0 Å². The van der Waals surface area contributed by atoms with E-state index in [4.69, 9.17) is 4.74 Å². The molecule has 6 heteroatoms. The van der Waals surface area contributed by atoms with Gasteiger partial charge in [-0.25, -0.2) is 0 Å². The number of carbonyl (C=O) groups is 2. The third-order valence-corrected chi connectivity index (χ3v) is 6.75. The van der Waals surface area contributed by atoms with Crippen molar-refractivity contribution < 1.29 is 19.4 Å². The molecule has 4 rings (SSSR count). The molecule has 0 radical (unpaired) electrons. The van der Waals surface area contributed by atoms with Gasteiger partial charge in [0, 0.05) is 30.0 Å². The molecule has 36 heavy (non-hydrogen) atoms. The van der Waals surface area contributed by atoms with Crippen molar-refractivity contribution in [2.45, 2.75) is 33.2 Å². The molecule has 0 spiro atoms. The molecule has 1 aliphatic rings. The number of hydrogen-bond donors (Lipinski definition) is 1. The average Bonchev–Trinajstić information content (AvgIpc) is 3.19. The minimum atomic E-state index is -0.801. The number of ketones is 1. The van der Waals surface area contributed by atoms with Gasteiger partial charge in [0.2, 0.25) is 0 Å². The highest BCUT2D eigenvalue weighted by molar-refractivity contribution is 6.51.